The van der Waals surface area contributed by atoms with E-state index in [1.165, 1.54) is 11.1 Å². The quantitative estimate of drug-likeness (QED) is 0.581. The Morgan fingerprint density at radius 1 is 0.538 bits per heavy atom. The van der Waals surface area contributed by atoms with E-state index < -0.39 is 0 Å². The van der Waals surface area contributed by atoms with Gasteiger partial charge in [0, 0.05) is 59.8 Å². The molecule has 0 spiro atoms. The normalized spacial score (nSPS) is 24.8. The third-order valence-electron chi connectivity index (χ3n) is 4.04. The Morgan fingerprint density at radius 2 is 1.12 bits per heavy atom. The number of allylic oxidation sites excluding steroid dienone is 16. The van der Waals surface area contributed by atoms with E-state index in [1.807, 2.05) is 111 Å². The van der Waals surface area contributed by atoms with Crippen molar-refractivity contribution >= 4 is 5.78 Å². The molecule has 1 saturated carbocycles. The monoisotopic (exact) mass is 424 g/mol. The molecule has 5 rings (SSSR count). The maximum absolute atomic E-state index is 11.6. The van der Waals surface area contributed by atoms with E-state index in [9.17, 15) is 4.79 Å². The molecule has 0 aromatic rings. The second-order valence-electron chi connectivity index (χ2n) is 5.72. The van der Waals surface area contributed by atoms with Crippen molar-refractivity contribution in [2.45, 2.75) is 0 Å². The first-order chi connectivity index (χ1) is 11.9. The van der Waals surface area contributed by atoms with Crippen LogP contribution >= 0.6 is 0 Å². The first-order valence-corrected chi connectivity index (χ1v) is 8.18. The zero-order valence-corrected chi connectivity index (χ0v) is 16.4. The summed E-state index contributed by atoms with van der Waals surface area (Å²) in [4.78, 5) is 11.6. The van der Waals surface area contributed by atoms with Crippen molar-refractivity contribution in [2.24, 2.45) is 11.8 Å². The molecule has 1 unspecified atom stereocenters. The van der Waals surface area contributed by atoms with Gasteiger partial charge in [-0.15, -0.1) is 0 Å². The Balaban J connectivity index is 0.000000235. The van der Waals surface area contributed by atoms with Crippen LogP contribution in [0.5, 0.6) is 0 Å². The zero-order valence-electron chi connectivity index (χ0n) is 14.2. The minimum absolute atomic E-state index is 0. The number of carbonyl (C=O) groups excluding carboxylic acids is 1. The van der Waals surface area contributed by atoms with Crippen molar-refractivity contribution < 1.29 is 38.9 Å². The molecule has 0 N–H and O–H groups in total. The molecule has 4 radical (unpaired) electrons. The van der Waals surface area contributed by atoms with E-state index >= 15 is 0 Å². The maximum Gasteiger partial charge on any atom is 0.149 e. The van der Waals surface area contributed by atoms with Crippen LogP contribution in [0, 0.1) is 37.5 Å². The van der Waals surface area contributed by atoms with Gasteiger partial charge in [0.25, 0.3) is 0 Å². The van der Waals surface area contributed by atoms with Crippen LogP contribution in [-0.2, 0) is 38.9 Å². The molecule has 3 heteroatoms. The largest absolute Gasteiger partial charge is 0.298 e. The van der Waals surface area contributed by atoms with Gasteiger partial charge >= 0.3 is 0 Å². The van der Waals surface area contributed by atoms with Gasteiger partial charge in [0.1, 0.15) is 5.78 Å². The molecule has 134 valence electrons. The van der Waals surface area contributed by atoms with Crippen LogP contribution in [0.25, 0.3) is 0 Å². The molecule has 0 bridgehead atoms. The van der Waals surface area contributed by atoms with Crippen LogP contribution in [0.1, 0.15) is 0 Å². The SMILES string of the molecule is O=C1C(C2=CC=C[CH]2)[C@@H]1C1=C[CH]C=C1.[CH]1C=CC=C1.[CH]1C=CC=C1.[Fe].[Fe]. The molecule has 2 atom stereocenters. The molecule has 26 heavy (non-hydrogen) atoms. The predicted octanol–water partition coefficient (Wildman–Crippen LogP) is 4.83. The van der Waals surface area contributed by atoms with E-state index in [1.54, 1.807) is 0 Å². The summed E-state index contributed by atoms with van der Waals surface area (Å²) in [5.41, 5.74) is 2.34. The zero-order chi connectivity index (χ0) is 16.6. The summed E-state index contributed by atoms with van der Waals surface area (Å²) in [6.07, 6.45) is 36.1. The van der Waals surface area contributed by atoms with Crippen molar-refractivity contribution in [3.05, 3.63) is 122 Å². The Morgan fingerprint density at radius 3 is 1.50 bits per heavy atom. The molecule has 1 fully saturated rings. The molecular formula is C23H20Fe2O. The summed E-state index contributed by atoms with van der Waals surface area (Å²) < 4.78 is 0. The Hall–Kier alpha value is -1.37. The number of hydrogen-bond donors (Lipinski definition) is 0. The summed E-state index contributed by atoms with van der Waals surface area (Å²) in [7, 11) is 0. The van der Waals surface area contributed by atoms with E-state index in [0.717, 1.165) is 0 Å². The fourth-order valence-electron chi connectivity index (χ4n) is 2.79. The van der Waals surface area contributed by atoms with E-state index in [4.69, 9.17) is 0 Å². The molecule has 0 saturated heterocycles. The summed E-state index contributed by atoms with van der Waals surface area (Å²) in [5.74, 6) is 0.627. The van der Waals surface area contributed by atoms with Crippen molar-refractivity contribution in [2.75, 3.05) is 0 Å². The average Bonchev–Trinajstić information content (AvgIpc) is 3.36. The number of Topliss-reactive ketones (excluding diaryl/α,β-unsaturated/α-hetero) is 1. The number of ketones is 1. The van der Waals surface area contributed by atoms with Crippen molar-refractivity contribution in [1.29, 1.82) is 0 Å². The number of hydrogen-bond acceptors (Lipinski definition) is 1. The second-order valence-corrected chi connectivity index (χ2v) is 5.72. The molecule has 0 aromatic heterocycles. The predicted molar refractivity (Wildman–Crippen MR) is 100 cm³/mol. The average molecular weight is 424 g/mol. The first-order valence-electron chi connectivity index (χ1n) is 8.18. The fourth-order valence-corrected chi connectivity index (χ4v) is 2.79. The number of carbonyl (C=O) groups is 1. The van der Waals surface area contributed by atoms with Gasteiger partial charge in [0.2, 0.25) is 0 Å². The third kappa shape index (κ3) is 6.41. The molecule has 5 aliphatic rings. The van der Waals surface area contributed by atoms with E-state index in [2.05, 4.69) is 0 Å². The molecule has 5 aliphatic carbocycles. The Bertz CT molecular complexity index is 672. The smallest absolute Gasteiger partial charge is 0.149 e. The molecule has 0 aromatic carbocycles. The summed E-state index contributed by atoms with van der Waals surface area (Å²) in [5, 5.41) is 0. The molecule has 0 aliphatic heterocycles. The molecule has 0 amide bonds. The topological polar surface area (TPSA) is 17.1 Å². The summed E-state index contributed by atoms with van der Waals surface area (Å²) in [6, 6.07) is 0. The fraction of sp³-hybridized carbons (Fsp3) is 0.0870. The van der Waals surface area contributed by atoms with Crippen molar-refractivity contribution in [3.63, 3.8) is 0 Å². The van der Waals surface area contributed by atoms with E-state index in [-0.39, 0.29) is 46.0 Å². The van der Waals surface area contributed by atoms with Crippen LogP contribution in [0.2, 0.25) is 0 Å². The van der Waals surface area contributed by atoms with Crippen molar-refractivity contribution in [3.8, 4) is 0 Å². The third-order valence-corrected chi connectivity index (χ3v) is 4.04. The van der Waals surface area contributed by atoms with Gasteiger partial charge in [-0.05, 0) is 5.57 Å². The minimum Gasteiger partial charge on any atom is -0.298 e. The van der Waals surface area contributed by atoms with Crippen molar-refractivity contribution in [1.82, 2.24) is 0 Å². The van der Waals surface area contributed by atoms with Gasteiger partial charge in [0.15, 0.2) is 0 Å². The van der Waals surface area contributed by atoms with Crippen LogP contribution in [0.3, 0.4) is 0 Å². The summed E-state index contributed by atoms with van der Waals surface area (Å²) in [6.45, 7) is 0. The summed E-state index contributed by atoms with van der Waals surface area (Å²) >= 11 is 0. The second kappa shape index (κ2) is 12.1. The number of rotatable bonds is 2. The molecule has 0 heterocycles. The van der Waals surface area contributed by atoms with Gasteiger partial charge in [-0.1, -0.05) is 90.6 Å². The maximum atomic E-state index is 11.6. The van der Waals surface area contributed by atoms with Crippen LogP contribution in [0.4, 0.5) is 0 Å². The van der Waals surface area contributed by atoms with Gasteiger partial charge in [-0.2, -0.15) is 0 Å². The van der Waals surface area contributed by atoms with Crippen LogP contribution in [-0.4, -0.2) is 5.78 Å². The van der Waals surface area contributed by atoms with Crippen LogP contribution < -0.4 is 0 Å². The molecular weight excluding hydrogens is 404 g/mol. The van der Waals surface area contributed by atoms with Gasteiger partial charge in [-0.3, -0.25) is 4.79 Å². The minimum atomic E-state index is 0. The van der Waals surface area contributed by atoms with Gasteiger partial charge in [-0.25, -0.2) is 0 Å². The van der Waals surface area contributed by atoms with Crippen LogP contribution in [0.15, 0.2) is 96.2 Å². The molecule has 1 nitrogen and oxygen atoms in total. The van der Waals surface area contributed by atoms with Gasteiger partial charge in [0.05, 0.1) is 11.8 Å². The Kier molecular flexibility index (Phi) is 10.5. The Labute approximate surface area is 178 Å². The standard InChI is InChI=1S/C13H10O.2C5H5.2Fe/c14-13-11(9-5-1-2-6-9)12(13)10-7-3-4-8-10;2*1-2-4-5-3-1;;/h1-8,11-12H;2*1-5H;;/t11-,12?;;;;/m0..../s1. The first kappa shape index (κ1) is 22.7. The van der Waals surface area contributed by atoms with E-state index in [0.29, 0.717) is 5.78 Å². The van der Waals surface area contributed by atoms with Gasteiger partial charge < -0.3 is 0 Å².